The summed E-state index contributed by atoms with van der Waals surface area (Å²) in [5, 5.41) is 8.81. The molecule has 2 aromatic heterocycles. The number of aromatic carboxylic acids is 1. The second-order valence-electron chi connectivity index (χ2n) is 2.99. The first-order valence-corrected chi connectivity index (χ1v) is 4.56. The van der Waals surface area contributed by atoms with E-state index in [0.717, 1.165) is 0 Å². The SMILES string of the molecule is CCOc1ccnc2cc(C(=O)O)[nH]c12. The molecule has 2 heterocycles. The minimum atomic E-state index is -1.00. The largest absolute Gasteiger partial charge is 0.492 e. The first kappa shape index (κ1) is 9.51. The summed E-state index contributed by atoms with van der Waals surface area (Å²) >= 11 is 0. The van der Waals surface area contributed by atoms with Gasteiger partial charge in [0.25, 0.3) is 0 Å². The number of aromatic amines is 1. The fourth-order valence-electron chi connectivity index (χ4n) is 1.39. The topological polar surface area (TPSA) is 75.2 Å². The van der Waals surface area contributed by atoms with Crippen LogP contribution in [-0.2, 0) is 0 Å². The fraction of sp³-hybridized carbons (Fsp3) is 0.200. The van der Waals surface area contributed by atoms with Gasteiger partial charge < -0.3 is 14.8 Å². The number of carboxylic acids is 1. The van der Waals surface area contributed by atoms with Crippen molar-refractivity contribution < 1.29 is 14.6 Å². The van der Waals surface area contributed by atoms with E-state index >= 15 is 0 Å². The van der Waals surface area contributed by atoms with Gasteiger partial charge in [0.2, 0.25) is 0 Å². The summed E-state index contributed by atoms with van der Waals surface area (Å²) in [5.74, 6) is -0.384. The summed E-state index contributed by atoms with van der Waals surface area (Å²) in [4.78, 5) is 17.6. The molecule has 15 heavy (non-hydrogen) atoms. The molecule has 5 heteroatoms. The zero-order valence-electron chi connectivity index (χ0n) is 8.15. The van der Waals surface area contributed by atoms with Crippen molar-refractivity contribution in [3.8, 4) is 5.75 Å². The molecule has 0 amide bonds. The Bertz CT molecular complexity index is 504. The summed E-state index contributed by atoms with van der Waals surface area (Å²) in [6.45, 7) is 2.40. The lowest BCUT2D eigenvalue weighted by Crippen LogP contribution is -1.96. The number of nitrogens with zero attached hydrogens (tertiary/aromatic N) is 1. The molecule has 0 bridgehead atoms. The number of carboxylic acid groups (broad SMARTS) is 1. The number of ether oxygens (including phenoxy) is 1. The van der Waals surface area contributed by atoms with Crippen LogP contribution in [0.3, 0.4) is 0 Å². The summed E-state index contributed by atoms with van der Waals surface area (Å²) in [6, 6.07) is 3.19. The first-order chi connectivity index (χ1) is 7.22. The molecular formula is C10H10N2O3. The number of pyridine rings is 1. The maximum absolute atomic E-state index is 10.7. The van der Waals surface area contributed by atoms with Gasteiger partial charge in [-0.25, -0.2) is 4.79 Å². The highest BCUT2D eigenvalue weighted by Gasteiger charge is 2.11. The van der Waals surface area contributed by atoms with Gasteiger partial charge in [-0.05, 0) is 13.0 Å². The maximum Gasteiger partial charge on any atom is 0.352 e. The lowest BCUT2D eigenvalue weighted by Gasteiger charge is -2.02. The van der Waals surface area contributed by atoms with Gasteiger partial charge in [-0.3, -0.25) is 4.98 Å². The Labute approximate surface area is 85.7 Å². The summed E-state index contributed by atoms with van der Waals surface area (Å²) in [6.07, 6.45) is 1.59. The van der Waals surface area contributed by atoms with Gasteiger partial charge in [0.15, 0.2) is 0 Å². The molecule has 0 aliphatic rings. The van der Waals surface area contributed by atoms with E-state index in [-0.39, 0.29) is 5.69 Å². The number of rotatable bonds is 3. The monoisotopic (exact) mass is 206 g/mol. The Balaban J connectivity index is 2.59. The van der Waals surface area contributed by atoms with Gasteiger partial charge in [-0.1, -0.05) is 0 Å². The second kappa shape index (κ2) is 3.61. The van der Waals surface area contributed by atoms with E-state index in [1.165, 1.54) is 6.07 Å². The molecule has 2 aromatic rings. The van der Waals surface area contributed by atoms with Crippen molar-refractivity contribution >= 4 is 17.0 Å². The van der Waals surface area contributed by atoms with Crippen molar-refractivity contribution in [1.29, 1.82) is 0 Å². The van der Waals surface area contributed by atoms with Crippen LogP contribution in [0.2, 0.25) is 0 Å². The normalized spacial score (nSPS) is 10.5. The van der Waals surface area contributed by atoms with Crippen molar-refractivity contribution in [2.24, 2.45) is 0 Å². The molecule has 0 saturated heterocycles. The maximum atomic E-state index is 10.7. The smallest absolute Gasteiger partial charge is 0.352 e. The number of nitrogens with one attached hydrogen (secondary N) is 1. The highest BCUT2D eigenvalue weighted by Crippen LogP contribution is 2.23. The Kier molecular flexibility index (Phi) is 2.29. The molecule has 0 aromatic carbocycles. The molecule has 0 radical (unpaired) electrons. The molecular weight excluding hydrogens is 196 g/mol. The fourth-order valence-corrected chi connectivity index (χ4v) is 1.39. The molecule has 0 unspecified atom stereocenters. The predicted octanol–water partition coefficient (Wildman–Crippen LogP) is 1.66. The number of hydrogen-bond acceptors (Lipinski definition) is 3. The molecule has 0 aliphatic carbocycles. The van der Waals surface area contributed by atoms with Crippen LogP contribution in [0.1, 0.15) is 17.4 Å². The molecule has 0 aliphatic heterocycles. The lowest BCUT2D eigenvalue weighted by atomic mass is 10.3. The third kappa shape index (κ3) is 1.63. The third-order valence-electron chi connectivity index (χ3n) is 2.01. The van der Waals surface area contributed by atoms with Gasteiger partial charge in [-0.2, -0.15) is 0 Å². The molecule has 0 atom stereocenters. The third-order valence-corrected chi connectivity index (χ3v) is 2.01. The zero-order chi connectivity index (χ0) is 10.8. The van der Waals surface area contributed by atoms with E-state index in [1.54, 1.807) is 12.3 Å². The van der Waals surface area contributed by atoms with Crippen LogP contribution in [0.15, 0.2) is 18.3 Å². The number of carbonyl (C=O) groups is 1. The summed E-state index contributed by atoms with van der Waals surface area (Å²) in [7, 11) is 0. The Morgan fingerprint density at radius 1 is 1.67 bits per heavy atom. The van der Waals surface area contributed by atoms with Crippen LogP contribution >= 0.6 is 0 Å². The highest BCUT2D eigenvalue weighted by atomic mass is 16.5. The Morgan fingerprint density at radius 2 is 2.47 bits per heavy atom. The Morgan fingerprint density at radius 3 is 3.13 bits per heavy atom. The lowest BCUT2D eigenvalue weighted by molar-refractivity contribution is 0.0691. The molecule has 0 spiro atoms. The van der Waals surface area contributed by atoms with Crippen LogP contribution in [0.5, 0.6) is 5.75 Å². The minimum absolute atomic E-state index is 0.115. The standard InChI is InChI=1S/C10H10N2O3/c1-2-15-8-3-4-11-6-5-7(10(13)14)12-9(6)8/h3-5,12H,2H2,1H3,(H,13,14). The molecule has 2 N–H and O–H groups in total. The summed E-state index contributed by atoms with van der Waals surface area (Å²) < 4.78 is 5.35. The molecule has 5 nitrogen and oxygen atoms in total. The van der Waals surface area contributed by atoms with Crippen LogP contribution in [0.25, 0.3) is 11.0 Å². The van der Waals surface area contributed by atoms with Gasteiger partial charge in [0.1, 0.15) is 17.0 Å². The van der Waals surface area contributed by atoms with Crippen molar-refractivity contribution in [2.75, 3.05) is 6.61 Å². The molecule has 2 rings (SSSR count). The summed E-state index contributed by atoms with van der Waals surface area (Å²) in [5.41, 5.74) is 1.33. The van der Waals surface area contributed by atoms with Gasteiger partial charge in [0.05, 0.1) is 12.1 Å². The van der Waals surface area contributed by atoms with Gasteiger partial charge in [-0.15, -0.1) is 0 Å². The van der Waals surface area contributed by atoms with Crippen LogP contribution in [0.4, 0.5) is 0 Å². The molecule has 0 fully saturated rings. The minimum Gasteiger partial charge on any atom is -0.492 e. The number of hydrogen-bond donors (Lipinski definition) is 2. The van der Waals surface area contributed by atoms with E-state index in [1.807, 2.05) is 6.92 Å². The predicted molar refractivity (Wildman–Crippen MR) is 54.2 cm³/mol. The zero-order valence-corrected chi connectivity index (χ0v) is 8.15. The number of fused-ring (bicyclic) bond motifs is 1. The van der Waals surface area contributed by atoms with E-state index in [4.69, 9.17) is 9.84 Å². The molecule has 78 valence electrons. The highest BCUT2D eigenvalue weighted by molar-refractivity contribution is 5.94. The molecule has 0 saturated carbocycles. The van der Waals surface area contributed by atoms with E-state index in [2.05, 4.69) is 9.97 Å². The second-order valence-corrected chi connectivity index (χ2v) is 2.99. The van der Waals surface area contributed by atoms with Crippen LogP contribution in [0, 0.1) is 0 Å². The van der Waals surface area contributed by atoms with E-state index in [0.29, 0.717) is 23.4 Å². The quantitative estimate of drug-likeness (QED) is 0.800. The first-order valence-electron chi connectivity index (χ1n) is 4.56. The van der Waals surface area contributed by atoms with Crippen molar-refractivity contribution in [3.63, 3.8) is 0 Å². The van der Waals surface area contributed by atoms with Crippen molar-refractivity contribution in [2.45, 2.75) is 6.92 Å². The average molecular weight is 206 g/mol. The Hall–Kier alpha value is -2.04. The average Bonchev–Trinajstić information content (AvgIpc) is 2.63. The van der Waals surface area contributed by atoms with Crippen LogP contribution < -0.4 is 4.74 Å². The van der Waals surface area contributed by atoms with Gasteiger partial charge >= 0.3 is 5.97 Å². The van der Waals surface area contributed by atoms with Crippen molar-refractivity contribution in [1.82, 2.24) is 9.97 Å². The van der Waals surface area contributed by atoms with E-state index < -0.39 is 5.97 Å². The number of H-pyrrole nitrogens is 1. The van der Waals surface area contributed by atoms with Crippen LogP contribution in [-0.4, -0.2) is 27.7 Å². The van der Waals surface area contributed by atoms with Crippen molar-refractivity contribution in [3.05, 3.63) is 24.0 Å². The van der Waals surface area contributed by atoms with Gasteiger partial charge in [0, 0.05) is 12.3 Å². The van der Waals surface area contributed by atoms with E-state index in [9.17, 15) is 4.79 Å². The number of aromatic nitrogens is 2.